The van der Waals surface area contributed by atoms with Gasteiger partial charge in [0.15, 0.2) is 5.60 Å². The van der Waals surface area contributed by atoms with Gasteiger partial charge in [0.25, 0.3) is 0 Å². The Morgan fingerprint density at radius 3 is 1.95 bits per heavy atom. The molecule has 1 unspecified atom stereocenters. The lowest BCUT2D eigenvalue weighted by Crippen LogP contribution is -2.37. The first-order chi connectivity index (χ1) is 29.0. The fourth-order valence-corrected chi connectivity index (χ4v) is 10.3. The second kappa shape index (κ2) is 15.1. The summed E-state index contributed by atoms with van der Waals surface area (Å²) in [6.07, 6.45) is 6.56. The lowest BCUT2D eigenvalue weighted by molar-refractivity contribution is 0.122. The van der Waals surface area contributed by atoms with Crippen LogP contribution < -0.4 is 24.0 Å². The zero-order chi connectivity index (χ0) is 40.1. The first-order valence-corrected chi connectivity index (χ1v) is 21.2. The molecule has 0 N–H and O–H groups in total. The van der Waals surface area contributed by atoms with Gasteiger partial charge in [-0.05, 0) is 100 Å². The molecule has 1 atom stereocenters. The van der Waals surface area contributed by atoms with Crippen LogP contribution in [-0.2, 0) is 20.5 Å². The molecule has 3 aliphatic heterocycles. The largest absolute Gasteiger partial charge is 0.497 e. The van der Waals surface area contributed by atoms with Gasteiger partial charge in [-0.2, -0.15) is 0 Å². The maximum atomic E-state index is 7.80. The molecule has 7 nitrogen and oxygen atoms in total. The number of rotatable bonds is 9. The number of benzene rings is 6. The summed E-state index contributed by atoms with van der Waals surface area (Å²) in [7, 11) is 3.49. The van der Waals surface area contributed by atoms with Gasteiger partial charge in [-0.25, -0.2) is 0 Å². The SMILES string of the molecule is CCC1(CC)c2cc(-c3ccccc3)ccc2-c2c1c1c(c3cc(OC)c(N4CCOCC4)cc23)OC(c2ccc(OC)cc2)(c2ccc(N3CCOCC3)cc2)C=C1. The number of hydrogen-bond acceptors (Lipinski definition) is 7. The molecule has 6 aromatic carbocycles. The molecule has 0 amide bonds. The molecule has 0 spiro atoms. The van der Waals surface area contributed by atoms with Gasteiger partial charge >= 0.3 is 0 Å². The third-order valence-electron chi connectivity index (χ3n) is 13.5. The van der Waals surface area contributed by atoms with Crippen molar-refractivity contribution in [2.75, 3.05) is 76.6 Å². The van der Waals surface area contributed by atoms with Crippen LogP contribution in [0.25, 0.3) is 39.1 Å². The number of nitrogens with zero attached hydrogens (tertiary/aromatic N) is 2. The van der Waals surface area contributed by atoms with E-state index in [2.05, 4.69) is 133 Å². The summed E-state index contributed by atoms with van der Waals surface area (Å²) in [6.45, 7) is 10.9. The number of methoxy groups -OCH3 is 2. The van der Waals surface area contributed by atoms with Crippen LogP contribution in [0.1, 0.15) is 54.5 Å². The van der Waals surface area contributed by atoms with Crippen LogP contribution in [0.4, 0.5) is 11.4 Å². The highest BCUT2D eigenvalue weighted by Crippen LogP contribution is 2.61. The Balaban J connectivity index is 1.24. The number of ether oxygens (including phenoxy) is 5. The minimum absolute atomic E-state index is 0.236. The van der Waals surface area contributed by atoms with E-state index in [0.29, 0.717) is 13.2 Å². The van der Waals surface area contributed by atoms with Crippen molar-refractivity contribution in [3.8, 4) is 39.5 Å². The van der Waals surface area contributed by atoms with E-state index in [1.165, 1.54) is 44.5 Å². The first-order valence-electron chi connectivity index (χ1n) is 21.2. The molecule has 6 aromatic rings. The number of fused-ring (bicyclic) bond motifs is 8. The van der Waals surface area contributed by atoms with Gasteiger partial charge in [0.05, 0.1) is 46.3 Å². The van der Waals surface area contributed by atoms with Crippen molar-refractivity contribution >= 4 is 28.2 Å². The van der Waals surface area contributed by atoms with Crippen LogP contribution in [0, 0.1) is 0 Å². The lowest BCUT2D eigenvalue weighted by Gasteiger charge is -2.40. The molecule has 1 aliphatic carbocycles. The molecule has 59 heavy (non-hydrogen) atoms. The van der Waals surface area contributed by atoms with E-state index in [-0.39, 0.29) is 5.41 Å². The Kier molecular flexibility index (Phi) is 9.61. The van der Waals surface area contributed by atoms with Gasteiger partial charge < -0.3 is 33.5 Å². The molecule has 2 saturated heterocycles. The third kappa shape index (κ3) is 6.00. The van der Waals surface area contributed by atoms with E-state index in [1.54, 1.807) is 14.2 Å². The van der Waals surface area contributed by atoms with E-state index in [1.807, 2.05) is 12.1 Å². The number of morpholine rings is 2. The summed E-state index contributed by atoms with van der Waals surface area (Å²) in [5.41, 5.74) is 12.1. The van der Waals surface area contributed by atoms with Crippen LogP contribution in [0.5, 0.6) is 17.2 Å². The summed E-state index contributed by atoms with van der Waals surface area (Å²) in [5.74, 6) is 2.52. The molecule has 0 aromatic heterocycles. The van der Waals surface area contributed by atoms with Gasteiger partial charge in [0.1, 0.15) is 17.2 Å². The molecule has 4 aliphatic rings. The maximum Gasteiger partial charge on any atom is 0.178 e. The van der Waals surface area contributed by atoms with Crippen molar-refractivity contribution in [1.29, 1.82) is 0 Å². The van der Waals surface area contributed by atoms with Crippen LogP contribution in [0.2, 0.25) is 0 Å². The highest BCUT2D eigenvalue weighted by Gasteiger charge is 2.47. The molecule has 7 heteroatoms. The molecule has 0 saturated carbocycles. The van der Waals surface area contributed by atoms with Crippen molar-refractivity contribution in [1.82, 2.24) is 0 Å². The minimum atomic E-state index is -0.923. The first kappa shape index (κ1) is 37.5. The third-order valence-corrected chi connectivity index (χ3v) is 13.5. The van der Waals surface area contributed by atoms with E-state index >= 15 is 0 Å². The van der Waals surface area contributed by atoms with Gasteiger partial charge in [-0.15, -0.1) is 0 Å². The molecule has 3 heterocycles. The van der Waals surface area contributed by atoms with Gasteiger partial charge in [-0.1, -0.05) is 86.7 Å². The van der Waals surface area contributed by atoms with E-state index in [0.717, 1.165) is 97.2 Å². The molecule has 0 bridgehead atoms. The lowest BCUT2D eigenvalue weighted by atomic mass is 9.70. The summed E-state index contributed by atoms with van der Waals surface area (Å²) in [4.78, 5) is 4.80. The van der Waals surface area contributed by atoms with E-state index in [4.69, 9.17) is 23.7 Å². The molecule has 10 rings (SSSR count). The Labute approximate surface area is 347 Å². The average molecular weight is 785 g/mol. The minimum Gasteiger partial charge on any atom is -0.497 e. The summed E-state index contributed by atoms with van der Waals surface area (Å²) < 4.78 is 31.2. The number of hydrogen-bond donors (Lipinski definition) is 0. The maximum absolute atomic E-state index is 7.80. The molecule has 2 fully saturated rings. The normalized spacial score (nSPS) is 19.2. The Morgan fingerprint density at radius 2 is 1.31 bits per heavy atom. The molecule has 300 valence electrons. The Morgan fingerprint density at radius 1 is 0.644 bits per heavy atom. The van der Waals surface area contributed by atoms with E-state index < -0.39 is 5.60 Å². The predicted octanol–water partition coefficient (Wildman–Crippen LogP) is 10.6. The van der Waals surface area contributed by atoms with Crippen molar-refractivity contribution in [2.24, 2.45) is 0 Å². The average Bonchev–Trinajstić information content (AvgIpc) is 3.62. The van der Waals surface area contributed by atoms with Crippen molar-refractivity contribution < 1.29 is 23.7 Å². The standard InChI is InChI=1S/C52H52N2O5/c1-5-51(6-2)45-32-36(35-10-8-7-9-11-35)12-21-41(45)48-43-33-46(54-26-30-58-31-27-54)47(56-4)34-44(43)50-42(49(48)51)22-23-52(59-50,38-15-19-40(55-3)20-16-38)37-13-17-39(18-14-37)53-24-28-57-29-25-53/h7-23,32-34H,5-6,24-31H2,1-4H3. The Hall–Kier alpha value is -5.76. The summed E-state index contributed by atoms with van der Waals surface area (Å²) in [5, 5.41) is 2.22. The fraction of sp³-hybridized carbons (Fsp3) is 0.308. The van der Waals surface area contributed by atoms with Gasteiger partial charge in [0.2, 0.25) is 0 Å². The molecular formula is C52H52N2O5. The predicted molar refractivity (Wildman–Crippen MR) is 239 cm³/mol. The Bertz CT molecular complexity index is 2530. The van der Waals surface area contributed by atoms with Gasteiger partial charge in [-0.3, -0.25) is 0 Å². The fourth-order valence-electron chi connectivity index (χ4n) is 10.3. The quantitative estimate of drug-likeness (QED) is 0.145. The molecule has 0 radical (unpaired) electrons. The van der Waals surface area contributed by atoms with E-state index in [9.17, 15) is 0 Å². The van der Waals surface area contributed by atoms with Crippen LogP contribution in [-0.4, -0.2) is 66.8 Å². The monoisotopic (exact) mass is 784 g/mol. The van der Waals surface area contributed by atoms with Crippen LogP contribution >= 0.6 is 0 Å². The second-order valence-corrected chi connectivity index (χ2v) is 16.1. The van der Waals surface area contributed by atoms with Crippen molar-refractivity contribution in [2.45, 2.75) is 37.7 Å². The second-order valence-electron chi connectivity index (χ2n) is 16.1. The highest BCUT2D eigenvalue weighted by molar-refractivity contribution is 6.10. The van der Waals surface area contributed by atoms with Crippen molar-refractivity contribution in [3.05, 3.63) is 143 Å². The summed E-state index contributed by atoms with van der Waals surface area (Å²) >= 11 is 0. The zero-order valence-corrected chi connectivity index (χ0v) is 34.6. The molecular weight excluding hydrogens is 733 g/mol. The van der Waals surface area contributed by atoms with Crippen molar-refractivity contribution in [3.63, 3.8) is 0 Å². The zero-order valence-electron chi connectivity index (χ0n) is 34.6. The smallest absolute Gasteiger partial charge is 0.178 e. The topological polar surface area (TPSA) is 52.6 Å². The summed E-state index contributed by atoms with van der Waals surface area (Å²) in [6, 6.07) is 39.8. The van der Waals surface area contributed by atoms with Crippen LogP contribution in [0.3, 0.4) is 0 Å². The van der Waals surface area contributed by atoms with Crippen LogP contribution in [0.15, 0.2) is 115 Å². The number of anilines is 2. The van der Waals surface area contributed by atoms with Gasteiger partial charge in [0, 0.05) is 59.4 Å². The highest BCUT2D eigenvalue weighted by atomic mass is 16.5.